The van der Waals surface area contributed by atoms with Crippen LogP contribution in [0, 0.1) is 11.8 Å². The van der Waals surface area contributed by atoms with Crippen molar-refractivity contribution in [2.24, 2.45) is 11.8 Å². The molecule has 2 N–H and O–H groups in total. The maximum absolute atomic E-state index is 11.9. The van der Waals surface area contributed by atoms with Gasteiger partial charge in [0.15, 0.2) is 0 Å². The van der Waals surface area contributed by atoms with Crippen molar-refractivity contribution in [3.8, 4) is 5.75 Å². The molecule has 0 bridgehead atoms. The molecule has 1 aromatic carbocycles. The molecule has 1 unspecified atom stereocenters. The van der Waals surface area contributed by atoms with E-state index in [0.717, 1.165) is 43.5 Å². The minimum atomic E-state index is 0. The molecule has 5 heteroatoms. The third-order valence-corrected chi connectivity index (χ3v) is 3.74. The molecule has 0 spiro atoms. The molecule has 0 radical (unpaired) electrons. The normalized spacial score (nSPS) is 21.1. The lowest BCUT2D eigenvalue weighted by molar-refractivity contribution is -0.119. The lowest BCUT2D eigenvalue weighted by Crippen LogP contribution is -2.24. The van der Waals surface area contributed by atoms with Crippen LogP contribution >= 0.6 is 12.4 Å². The van der Waals surface area contributed by atoms with E-state index in [2.05, 4.69) is 10.6 Å². The highest BCUT2D eigenvalue weighted by Crippen LogP contribution is 2.29. The predicted molar refractivity (Wildman–Crippen MR) is 81.5 cm³/mol. The lowest BCUT2D eigenvalue weighted by atomic mass is 10.1. The molecule has 1 aliphatic heterocycles. The number of rotatable bonds is 5. The highest BCUT2D eigenvalue weighted by atomic mass is 35.5. The molecule has 1 saturated heterocycles. The predicted octanol–water partition coefficient (Wildman–Crippen LogP) is 2.45. The van der Waals surface area contributed by atoms with Crippen LogP contribution in [0.15, 0.2) is 24.3 Å². The number of hydrogen-bond donors (Lipinski definition) is 2. The van der Waals surface area contributed by atoms with Crippen LogP contribution in [0.2, 0.25) is 0 Å². The van der Waals surface area contributed by atoms with Gasteiger partial charge in [-0.1, -0.05) is 0 Å². The van der Waals surface area contributed by atoms with E-state index >= 15 is 0 Å². The number of hydrogen-bond acceptors (Lipinski definition) is 3. The summed E-state index contributed by atoms with van der Waals surface area (Å²) in [6.07, 6.45) is 3.52. The van der Waals surface area contributed by atoms with Gasteiger partial charge in [0.2, 0.25) is 5.91 Å². The SMILES string of the molecule is Cl.O=C(Nc1ccc(OCC2CC2)cc1)C1CCNC1. The van der Waals surface area contributed by atoms with Gasteiger partial charge in [0.1, 0.15) is 5.75 Å². The van der Waals surface area contributed by atoms with Gasteiger partial charge in [-0.15, -0.1) is 12.4 Å². The summed E-state index contributed by atoms with van der Waals surface area (Å²) in [5.41, 5.74) is 0.843. The van der Waals surface area contributed by atoms with Crippen LogP contribution in [0.25, 0.3) is 0 Å². The quantitative estimate of drug-likeness (QED) is 0.877. The van der Waals surface area contributed by atoms with Gasteiger partial charge in [0.05, 0.1) is 12.5 Å². The summed E-state index contributed by atoms with van der Waals surface area (Å²) < 4.78 is 5.67. The molecule has 1 amide bonds. The van der Waals surface area contributed by atoms with Crippen molar-refractivity contribution >= 4 is 24.0 Å². The summed E-state index contributed by atoms with van der Waals surface area (Å²) in [5, 5.41) is 6.15. The van der Waals surface area contributed by atoms with E-state index in [-0.39, 0.29) is 24.2 Å². The maximum Gasteiger partial charge on any atom is 0.228 e. The van der Waals surface area contributed by atoms with Crippen LogP contribution in [-0.4, -0.2) is 25.6 Å². The minimum Gasteiger partial charge on any atom is -0.493 e. The van der Waals surface area contributed by atoms with Gasteiger partial charge < -0.3 is 15.4 Å². The molecular weight excluding hydrogens is 276 g/mol. The van der Waals surface area contributed by atoms with Crippen molar-refractivity contribution in [1.82, 2.24) is 5.32 Å². The van der Waals surface area contributed by atoms with Crippen molar-refractivity contribution in [2.75, 3.05) is 25.0 Å². The summed E-state index contributed by atoms with van der Waals surface area (Å²) in [4.78, 5) is 11.9. The summed E-state index contributed by atoms with van der Waals surface area (Å²) in [5.74, 6) is 1.85. The average Bonchev–Trinajstić information content (AvgIpc) is 3.09. The van der Waals surface area contributed by atoms with Crippen molar-refractivity contribution in [3.05, 3.63) is 24.3 Å². The number of nitrogens with one attached hydrogen (secondary N) is 2. The molecular formula is C15H21ClN2O2. The molecule has 3 rings (SSSR count). The van der Waals surface area contributed by atoms with Gasteiger partial charge in [0.25, 0.3) is 0 Å². The molecule has 1 aliphatic carbocycles. The Bertz CT molecular complexity index is 440. The number of anilines is 1. The van der Waals surface area contributed by atoms with Crippen LogP contribution < -0.4 is 15.4 Å². The van der Waals surface area contributed by atoms with Crippen LogP contribution in [0.4, 0.5) is 5.69 Å². The fourth-order valence-electron chi connectivity index (χ4n) is 2.26. The molecule has 2 aliphatic rings. The van der Waals surface area contributed by atoms with E-state index < -0.39 is 0 Å². The number of benzene rings is 1. The van der Waals surface area contributed by atoms with Crippen LogP contribution in [0.3, 0.4) is 0 Å². The number of ether oxygens (including phenoxy) is 1. The Balaban J connectivity index is 0.00000147. The Kier molecular flexibility index (Phi) is 5.26. The Hall–Kier alpha value is -1.26. The van der Waals surface area contributed by atoms with Gasteiger partial charge in [0, 0.05) is 12.2 Å². The zero-order chi connectivity index (χ0) is 13.1. The van der Waals surface area contributed by atoms with Gasteiger partial charge in [-0.25, -0.2) is 0 Å². The monoisotopic (exact) mass is 296 g/mol. The highest BCUT2D eigenvalue weighted by Gasteiger charge is 2.23. The summed E-state index contributed by atoms with van der Waals surface area (Å²) in [7, 11) is 0. The van der Waals surface area contributed by atoms with E-state index in [1.54, 1.807) is 0 Å². The molecule has 1 aromatic rings. The number of carbonyl (C=O) groups is 1. The van der Waals surface area contributed by atoms with Gasteiger partial charge in [-0.3, -0.25) is 4.79 Å². The van der Waals surface area contributed by atoms with Gasteiger partial charge in [-0.05, 0) is 56.0 Å². The van der Waals surface area contributed by atoms with E-state index in [1.165, 1.54) is 12.8 Å². The first-order valence-electron chi connectivity index (χ1n) is 7.06. The second-order valence-electron chi connectivity index (χ2n) is 5.46. The topological polar surface area (TPSA) is 50.4 Å². The van der Waals surface area contributed by atoms with Gasteiger partial charge >= 0.3 is 0 Å². The third-order valence-electron chi connectivity index (χ3n) is 3.74. The Morgan fingerprint density at radius 2 is 2.00 bits per heavy atom. The first-order valence-corrected chi connectivity index (χ1v) is 7.06. The zero-order valence-corrected chi connectivity index (χ0v) is 12.2. The number of halogens is 1. The van der Waals surface area contributed by atoms with Crippen molar-refractivity contribution < 1.29 is 9.53 Å². The third kappa shape index (κ3) is 4.12. The minimum absolute atomic E-state index is 0. The lowest BCUT2D eigenvalue weighted by Gasteiger charge is -2.10. The molecule has 4 nitrogen and oxygen atoms in total. The van der Waals surface area contributed by atoms with Gasteiger partial charge in [-0.2, -0.15) is 0 Å². The van der Waals surface area contributed by atoms with E-state index in [0.29, 0.717) is 0 Å². The summed E-state index contributed by atoms with van der Waals surface area (Å²) >= 11 is 0. The second kappa shape index (κ2) is 6.95. The van der Waals surface area contributed by atoms with E-state index in [1.807, 2.05) is 24.3 Å². The first kappa shape index (κ1) is 15.1. The molecule has 0 aromatic heterocycles. The number of amides is 1. The fourth-order valence-corrected chi connectivity index (χ4v) is 2.26. The van der Waals surface area contributed by atoms with E-state index in [4.69, 9.17) is 4.74 Å². The molecule has 2 fully saturated rings. The Morgan fingerprint density at radius 3 is 2.60 bits per heavy atom. The molecule has 1 atom stereocenters. The summed E-state index contributed by atoms with van der Waals surface area (Å²) in [6, 6.07) is 7.65. The van der Waals surface area contributed by atoms with Crippen LogP contribution in [0.1, 0.15) is 19.3 Å². The van der Waals surface area contributed by atoms with E-state index in [9.17, 15) is 4.79 Å². The maximum atomic E-state index is 11.9. The standard InChI is InChI=1S/C15H20N2O2.ClH/c18-15(12-7-8-16-9-12)17-13-3-5-14(6-4-13)19-10-11-1-2-11;/h3-6,11-12,16H,1-2,7-10H2,(H,17,18);1H. The highest BCUT2D eigenvalue weighted by molar-refractivity contribution is 5.92. The van der Waals surface area contributed by atoms with Crippen LogP contribution in [-0.2, 0) is 4.79 Å². The smallest absolute Gasteiger partial charge is 0.228 e. The largest absolute Gasteiger partial charge is 0.493 e. The average molecular weight is 297 g/mol. The van der Waals surface area contributed by atoms with Crippen molar-refractivity contribution in [1.29, 1.82) is 0 Å². The Labute approximate surface area is 125 Å². The van der Waals surface area contributed by atoms with Crippen molar-refractivity contribution in [2.45, 2.75) is 19.3 Å². The molecule has 1 saturated carbocycles. The van der Waals surface area contributed by atoms with Crippen molar-refractivity contribution in [3.63, 3.8) is 0 Å². The second-order valence-corrected chi connectivity index (χ2v) is 5.46. The fraction of sp³-hybridized carbons (Fsp3) is 0.533. The molecule has 1 heterocycles. The summed E-state index contributed by atoms with van der Waals surface area (Å²) in [6.45, 7) is 2.54. The molecule has 20 heavy (non-hydrogen) atoms. The first-order chi connectivity index (χ1) is 9.31. The van der Waals surface area contributed by atoms with Crippen LogP contribution in [0.5, 0.6) is 5.75 Å². The Morgan fingerprint density at radius 1 is 1.25 bits per heavy atom. The molecule has 110 valence electrons. The zero-order valence-electron chi connectivity index (χ0n) is 11.4. The number of carbonyl (C=O) groups excluding carboxylic acids is 1.